The molecule has 1 fully saturated rings. The third-order valence-electron chi connectivity index (χ3n) is 3.84. The number of hydrogen-bond acceptors (Lipinski definition) is 5. The Labute approximate surface area is 122 Å². The lowest BCUT2D eigenvalue weighted by Gasteiger charge is -2.27. The summed E-state index contributed by atoms with van der Waals surface area (Å²) in [6.45, 7) is 8.16. The van der Waals surface area contributed by atoms with Crippen LogP contribution in [0.5, 0.6) is 0 Å². The number of likely N-dealkylation sites (N-methyl/N-ethyl adjacent to an activating group) is 1. The van der Waals surface area contributed by atoms with Crippen molar-refractivity contribution in [1.29, 1.82) is 0 Å². The second-order valence-corrected chi connectivity index (χ2v) is 5.81. The van der Waals surface area contributed by atoms with E-state index in [-0.39, 0.29) is 0 Å². The highest BCUT2D eigenvalue weighted by atomic mass is 15.3. The molecule has 20 heavy (non-hydrogen) atoms. The fourth-order valence-electron chi connectivity index (χ4n) is 2.76. The minimum absolute atomic E-state index is 0.545. The minimum atomic E-state index is 0.545. The zero-order valence-electron chi connectivity index (χ0n) is 13.2. The van der Waals surface area contributed by atoms with E-state index in [1.54, 1.807) is 0 Å². The van der Waals surface area contributed by atoms with Gasteiger partial charge in [0.25, 0.3) is 0 Å². The Bertz CT molecular complexity index is 432. The van der Waals surface area contributed by atoms with Crippen LogP contribution in [0.15, 0.2) is 6.20 Å². The third kappa shape index (κ3) is 3.67. The van der Waals surface area contributed by atoms with E-state index >= 15 is 0 Å². The van der Waals surface area contributed by atoms with E-state index < -0.39 is 0 Å². The summed E-state index contributed by atoms with van der Waals surface area (Å²) < 4.78 is 0. The quantitative estimate of drug-likeness (QED) is 0.852. The summed E-state index contributed by atoms with van der Waals surface area (Å²) in [5, 5.41) is 3.33. The summed E-state index contributed by atoms with van der Waals surface area (Å²) in [4.78, 5) is 13.9. The van der Waals surface area contributed by atoms with Crippen molar-refractivity contribution in [3.05, 3.63) is 17.5 Å². The monoisotopic (exact) mass is 277 g/mol. The zero-order valence-corrected chi connectivity index (χ0v) is 13.2. The first-order chi connectivity index (χ1) is 9.61. The van der Waals surface area contributed by atoms with E-state index in [4.69, 9.17) is 4.98 Å². The lowest BCUT2D eigenvalue weighted by molar-refractivity contribution is 0.371. The highest BCUT2D eigenvalue weighted by molar-refractivity contribution is 5.36. The van der Waals surface area contributed by atoms with E-state index in [9.17, 15) is 0 Å². The minimum Gasteiger partial charge on any atom is -0.337 e. The first-order valence-electron chi connectivity index (χ1n) is 7.56. The van der Waals surface area contributed by atoms with Crippen LogP contribution in [0.1, 0.15) is 31.0 Å². The molecule has 1 aliphatic rings. The number of hydrogen-bond donors (Lipinski definition) is 1. The van der Waals surface area contributed by atoms with Crippen molar-refractivity contribution >= 4 is 5.95 Å². The van der Waals surface area contributed by atoms with Crippen LogP contribution >= 0.6 is 0 Å². The summed E-state index contributed by atoms with van der Waals surface area (Å²) in [6.07, 6.45) is 4.45. The molecular weight excluding hydrogens is 250 g/mol. The molecule has 1 atom stereocenters. The predicted molar refractivity (Wildman–Crippen MR) is 83.1 cm³/mol. The molecule has 1 aliphatic heterocycles. The number of aromatic nitrogens is 2. The van der Waals surface area contributed by atoms with Crippen LogP contribution in [0, 0.1) is 6.92 Å². The van der Waals surface area contributed by atoms with Crippen LogP contribution in [-0.4, -0.2) is 54.6 Å². The molecule has 1 aromatic heterocycles. The van der Waals surface area contributed by atoms with Crippen LogP contribution < -0.4 is 10.2 Å². The lowest BCUT2D eigenvalue weighted by Crippen LogP contribution is -2.38. The van der Waals surface area contributed by atoms with Crippen molar-refractivity contribution in [2.24, 2.45) is 0 Å². The standard InChI is InChI=1S/C15H27N5/c1-5-16-9-13-10-17-15(18-12(13)2)20-8-6-7-14(20)11-19(3)4/h10,14,16H,5-9,11H2,1-4H3. The fourth-order valence-corrected chi connectivity index (χ4v) is 2.76. The molecule has 0 radical (unpaired) electrons. The Hall–Kier alpha value is -1.20. The summed E-state index contributed by atoms with van der Waals surface area (Å²) in [5.74, 6) is 0.895. The van der Waals surface area contributed by atoms with Crippen LogP contribution in [0.2, 0.25) is 0 Å². The van der Waals surface area contributed by atoms with Crippen LogP contribution in [-0.2, 0) is 6.54 Å². The molecule has 1 aromatic rings. The van der Waals surface area contributed by atoms with Crippen LogP contribution in [0.4, 0.5) is 5.95 Å². The second kappa shape index (κ2) is 6.99. The topological polar surface area (TPSA) is 44.3 Å². The van der Waals surface area contributed by atoms with Crippen molar-refractivity contribution in [2.75, 3.05) is 38.6 Å². The third-order valence-corrected chi connectivity index (χ3v) is 3.84. The molecule has 2 heterocycles. The first kappa shape index (κ1) is 15.2. The molecule has 5 nitrogen and oxygen atoms in total. The highest BCUT2D eigenvalue weighted by Crippen LogP contribution is 2.23. The van der Waals surface area contributed by atoms with Crippen molar-refractivity contribution in [2.45, 2.75) is 39.3 Å². The highest BCUT2D eigenvalue weighted by Gasteiger charge is 2.27. The molecule has 0 saturated carbocycles. The molecule has 0 amide bonds. The van der Waals surface area contributed by atoms with Gasteiger partial charge in [-0.05, 0) is 40.4 Å². The Morgan fingerprint density at radius 3 is 2.90 bits per heavy atom. The van der Waals surface area contributed by atoms with Gasteiger partial charge in [0, 0.05) is 43.1 Å². The normalized spacial score (nSPS) is 19.1. The summed E-state index contributed by atoms with van der Waals surface area (Å²) >= 11 is 0. The van der Waals surface area contributed by atoms with Gasteiger partial charge in [-0.3, -0.25) is 0 Å². The van der Waals surface area contributed by atoms with Gasteiger partial charge in [-0.2, -0.15) is 0 Å². The smallest absolute Gasteiger partial charge is 0.225 e. The van der Waals surface area contributed by atoms with Crippen LogP contribution in [0.25, 0.3) is 0 Å². The predicted octanol–water partition coefficient (Wildman–Crippen LogP) is 1.42. The van der Waals surface area contributed by atoms with Gasteiger partial charge in [-0.15, -0.1) is 0 Å². The molecular formula is C15H27N5. The van der Waals surface area contributed by atoms with Gasteiger partial charge in [-0.25, -0.2) is 9.97 Å². The van der Waals surface area contributed by atoms with E-state index in [0.717, 1.165) is 37.8 Å². The summed E-state index contributed by atoms with van der Waals surface area (Å²) in [5.41, 5.74) is 2.28. The SMILES string of the molecule is CCNCc1cnc(N2CCCC2CN(C)C)nc1C. The molecule has 1 unspecified atom stereocenters. The van der Waals surface area contributed by atoms with E-state index in [1.807, 2.05) is 6.20 Å². The first-order valence-corrected chi connectivity index (χ1v) is 7.56. The van der Waals surface area contributed by atoms with Crippen molar-refractivity contribution < 1.29 is 0 Å². The van der Waals surface area contributed by atoms with Gasteiger partial charge in [0.05, 0.1) is 0 Å². The number of rotatable bonds is 6. The van der Waals surface area contributed by atoms with E-state index in [1.165, 1.54) is 18.4 Å². The van der Waals surface area contributed by atoms with E-state index in [2.05, 4.69) is 48.0 Å². The van der Waals surface area contributed by atoms with Gasteiger partial charge in [0.2, 0.25) is 5.95 Å². The molecule has 1 N–H and O–H groups in total. The average Bonchev–Trinajstić information content (AvgIpc) is 2.84. The average molecular weight is 277 g/mol. The largest absolute Gasteiger partial charge is 0.337 e. The lowest BCUT2D eigenvalue weighted by atomic mass is 10.2. The van der Waals surface area contributed by atoms with Crippen molar-refractivity contribution in [3.8, 4) is 0 Å². The Morgan fingerprint density at radius 2 is 2.25 bits per heavy atom. The number of nitrogens with one attached hydrogen (secondary N) is 1. The molecule has 2 rings (SSSR count). The van der Waals surface area contributed by atoms with Gasteiger partial charge in [0.1, 0.15) is 0 Å². The van der Waals surface area contributed by atoms with E-state index in [0.29, 0.717) is 6.04 Å². The van der Waals surface area contributed by atoms with Gasteiger partial charge in [0.15, 0.2) is 0 Å². The van der Waals surface area contributed by atoms with Gasteiger partial charge >= 0.3 is 0 Å². The van der Waals surface area contributed by atoms with Gasteiger partial charge < -0.3 is 15.1 Å². The molecule has 112 valence electrons. The Kier molecular flexibility index (Phi) is 5.31. The molecule has 0 bridgehead atoms. The maximum Gasteiger partial charge on any atom is 0.225 e. The maximum absolute atomic E-state index is 4.72. The van der Waals surface area contributed by atoms with Crippen molar-refractivity contribution in [1.82, 2.24) is 20.2 Å². The summed E-state index contributed by atoms with van der Waals surface area (Å²) in [7, 11) is 4.25. The summed E-state index contributed by atoms with van der Waals surface area (Å²) in [6, 6.07) is 0.545. The van der Waals surface area contributed by atoms with Crippen molar-refractivity contribution in [3.63, 3.8) is 0 Å². The van der Waals surface area contributed by atoms with Crippen LogP contribution in [0.3, 0.4) is 0 Å². The van der Waals surface area contributed by atoms with Gasteiger partial charge in [-0.1, -0.05) is 6.92 Å². The second-order valence-electron chi connectivity index (χ2n) is 5.81. The molecule has 0 spiro atoms. The molecule has 5 heteroatoms. The molecule has 1 saturated heterocycles. The Balaban J connectivity index is 2.10. The fraction of sp³-hybridized carbons (Fsp3) is 0.733. The number of aryl methyl sites for hydroxylation is 1. The molecule has 0 aliphatic carbocycles. The zero-order chi connectivity index (χ0) is 14.5. The maximum atomic E-state index is 4.72. The Morgan fingerprint density at radius 1 is 1.45 bits per heavy atom. The number of nitrogens with zero attached hydrogens (tertiary/aromatic N) is 4. The number of anilines is 1. The molecule has 0 aromatic carbocycles.